The summed E-state index contributed by atoms with van der Waals surface area (Å²) in [6.07, 6.45) is 0. The molecule has 0 heterocycles. The zero-order valence-electron chi connectivity index (χ0n) is 11.3. The highest BCUT2D eigenvalue weighted by molar-refractivity contribution is 5.43. The van der Waals surface area contributed by atoms with Crippen molar-refractivity contribution in [2.24, 2.45) is 5.73 Å². The average Bonchev–Trinajstić information content (AvgIpc) is 2.37. The molecule has 19 heavy (non-hydrogen) atoms. The first-order chi connectivity index (χ1) is 8.97. The van der Waals surface area contributed by atoms with Crippen molar-refractivity contribution in [3.63, 3.8) is 0 Å². The maximum atomic E-state index is 9.81. The lowest BCUT2D eigenvalue weighted by Gasteiger charge is -2.20. The molecule has 0 bridgehead atoms. The number of benzene rings is 2. The summed E-state index contributed by atoms with van der Waals surface area (Å²) in [7, 11) is 0. The van der Waals surface area contributed by atoms with Crippen LogP contribution in [0.25, 0.3) is 0 Å². The highest BCUT2D eigenvalue weighted by Crippen LogP contribution is 2.31. The Morgan fingerprint density at radius 3 is 2.42 bits per heavy atom. The van der Waals surface area contributed by atoms with Crippen LogP contribution in [-0.4, -0.2) is 5.11 Å². The molecule has 2 rings (SSSR count). The quantitative estimate of drug-likeness (QED) is 0.884. The van der Waals surface area contributed by atoms with E-state index in [2.05, 4.69) is 0 Å². The Balaban J connectivity index is 2.16. The molecule has 3 heteroatoms. The van der Waals surface area contributed by atoms with E-state index in [-0.39, 0.29) is 5.75 Å². The Hall–Kier alpha value is -2.00. The largest absolute Gasteiger partial charge is 0.504 e. The second-order valence-electron chi connectivity index (χ2n) is 5.18. The molecule has 3 N–H and O–H groups in total. The molecule has 0 aromatic heterocycles. The monoisotopic (exact) mass is 257 g/mol. The van der Waals surface area contributed by atoms with Gasteiger partial charge in [-0.3, -0.25) is 0 Å². The normalized spacial score (nSPS) is 11.3. The molecule has 100 valence electrons. The molecule has 0 radical (unpaired) electrons. The number of aromatic hydroxyl groups is 1. The highest BCUT2D eigenvalue weighted by Gasteiger charge is 2.16. The number of hydrogen-bond donors (Lipinski definition) is 2. The second kappa shape index (κ2) is 5.33. The molecular weight excluding hydrogens is 238 g/mol. The van der Waals surface area contributed by atoms with Gasteiger partial charge in [0.05, 0.1) is 0 Å². The number of ether oxygens (including phenoxy) is 1. The molecule has 0 aliphatic carbocycles. The van der Waals surface area contributed by atoms with E-state index >= 15 is 0 Å². The van der Waals surface area contributed by atoms with Gasteiger partial charge in [0.15, 0.2) is 11.5 Å². The molecule has 0 atom stereocenters. The third-order valence-electron chi connectivity index (χ3n) is 2.94. The molecule has 0 aliphatic heterocycles. The van der Waals surface area contributed by atoms with Gasteiger partial charge in [-0.15, -0.1) is 0 Å². The summed E-state index contributed by atoms with van der Waals surface area (Å²) in [5.74, 6) is 0.587. The molecule has 3 nitrogen and oxygen atoms in total. The number of hydrogen-bond acceptors (Lipinski definition) is 3. The molecule has 0 aliphatic rings. The molecule has 0 saturated carbocycles. The van der Waals surface area contributed by atoms with Crippen LogP contribution >= 0.6 is 0 Å². The van der Waals surface area contributed by atoms with Gasteiger partial charge in [0, 0.05) is 5.54 Å². The summed E-state index contributed by atoms with van der Waals surface area (Å²) < 4.78 is 5.65. The Bertz CT molecular complexity index is 544. The fraction of sp³-hybridized carbons (Fsp3) is 0.250. The van der Waals surface area contributed by atoms with Gasteiger partial charge < -0.3 is 15.6 Å². The standard InChI is InChI=1S/C16H19NO2/c1-16(2,17)13-8-9-14(18)15(10-13)19-11-12-6-4-3-5-7-12/h3-10,18H,11,17H2,1-2H3. The van der Waals surface area contributed by atoms with E-state index in [1.165, 1.54) is 0 Å². The zero-order chi connectivity index (χ0) is 13.9. The van der Waals surface area contributed by atoms with Crippen LogP contribution in [0.4, 0.5) is 0 Å². The summed E-state index contributed by atoms with van der Waals surface area (Å²) in [5.41, 5.74) is 7.57. The van der Waals surface area contributed by atoms with Crippen molar-refractivity contribution in [1.29, 1.82) is 0 Å². The molecule has 2 aromatic carbocycles. The van der Waals surface area contributed by atoms with Gasteiger partial charge in [0.2, 0.25) is 0 Å². The van der Waals surface area contributed by atoms with Crippen LogP contribution in [-0.2, 0) is 12.1 Å². The van der Waals surface area contributed by atoms with Crippen molar-refractivity contribution in [2.75, 3.05) is 0 Å². The van der Waals surface area contributed by atoms with Crippen LogP contribution in [0.15, 0.2) is 48.5 Å². The smallest absolute Gasteiger partial charge is 0.161 e. The molecule has 0 saturated heterocycles. The van der Waals surface area contributed by atoms with Crippen molar-refractivity contribution in [3.8, 4) is 11.5 Å². The molecule has 2 aromatic rings. The molecule has 0 amide bonds. The third-order valence-corrected chi connectivity index (χ3v) is 2.94. The SMILES string of the molecule is CC(C)(N)c1ccc(O)c(OCc2ccccc2)c1. The highest BCUT2D eigenvalue weighted by atomic mass is 16.5. The Labute approximate surface area is 113 Å². The Morgan fingerprint density at radius 2 is 1.79 bits per heavy atom. The summed E-state index contributed by atoms with van der Waals surface area (Å²) in [6.45, 7) is 4.25. The van der Waals surface area contributed by atoms with Gasteiger partial charge in [-0.2, -0.15) is 0 Å². The Kier molecular flexibility index (Phi) is 3.76. The first-order valence-electron chi connectivity index (χ1n) is 6.26. The number of rotatable bonds is 4. The summed E-state index contributed by atoms with van der Waals surface area (Å²) in [6, 6.07) is 15.0. The maximum absolute atomic E-state index is 9.81. The van der Waals surface area contributed by atoms with Crippen LogP contribution in [0.2, 0.25) is 0 Å². The van der Waals surface area contributed by atoms with Crippen molar-refractivity contribution in [2.45, 2.75) is 26.0 Å². The van der Waals surface area contributed by atoms with E-state index in [0.717, 1.165) is 11.1 Å². The van der Waals surface area contributed by atoms with E-state index in [0.29, 0.717) is 12.4 Å². The van der Waals surface area contributed by atoms with E-state index < -0.39 is 5.54 Å². The number of phenolic OH excluding ortho intramolecular Hbond substituents is 1. The van der Waals surface area contributed by atoms with Gasteiger partial charge in [-0.1, -0.05) is 36.4 Å². The maximum Gasteiger partial charge on any atom is 0.161 e. The summed E-state index contributed by atoms with van der Waals surface area (Å²) in [4.78, 5) is 0. The lowest BCUT2D eigenvalue weighted by molar-refractivity contribution is 0.288. The van der Waals surface area contributed by atoms with Crippen molar-refractivity contribution in [3.05, 3.63) is 59.7 Å². The number of nitrogens with two attached hydrogens (primary N) is 1. The van der Waals surface area contributed by atoms with E-state index in [4.69, 9.17) is 10.5 Å². The van der Waals surface area contributed by atoms with Crippen molar-refractivity contribution < 1.29 is 9.84 Å². The van der Waals surface area contributed by atoms with Crippen LogP contribution in [0.5, 0.6) is 11.5 Å². The lowest BCUT2D eigenvalue weighted by atomic mass is 9.95. The van der Waals surface area contributed by atoms with Crippen LogP contribution in [0, 0.1) is 0 Å². The first-order valence-corrected chi connectivity index (χ1v) is 6.26. The minimum absolute atomic E-state index is 0.129. The van der Waals surface area contributed by atoms with Gasteiger partial charge in [-0.25, -0.2) is 0 Å². The van der Waals surface area contributed by atoms with Gasteiger partial charge in [-0.05, 0) is 37.1 Å². The summed E-state index contributed by atoms with van der Waals surface area (Å²) in [5, 5.41) is 9.81. The lowest BCUT2D eigenvalue weighted by Crippen LogP contribution is -2.28. The Morgan fingerprint density at radius 1 is 1.11 bits per heavy atom. The van der Waals surface area contributed by atoms with Gasteiger partial charge in [0.25, 0.3) is 0 Å². The van der Waals surface area contributed by atoms with Crippen molar-refractivity contribution >= 4 is 0 Å². The van der Waals surface area contributed by atoms with Gasteiger partial charge >= 0.3 is 0 Å². The van der Waals surface area contributed by atoms with Gasteiger partial charge in [0.1, 0.15) is 6.61 Å². The molecule has 0 unspecified atom stereocenters. The zero-order valence-corrected chi connectivity index (χ0v) is 11.3. The average molecular weight is 257 g/mol. The third kappa shape index (κ3) is 3.48. The van der Waals surface area contributed by atoms with E-state index in [1.54, 1.807) is 12.1 Å². The predicted octanol–water partition coefficient (Wildman–Crippen LogP) is 3.17. The molecular formula is C16H19NO2. The minimum atomic E-state index is -0.460. The minimum Gasteiger partial charge on any atom is -0.504 e. The first kappa shape index (κ1) is 13.4. The van der Waals surface area contributed by atoms with Crippen LogP contribution < -0.4 is 10.5 Å². The molecule has 0 spiro atoms. The molecule has 0 fully saturated rings. The van der Waals surface area contributed by atoms with Crippen LogP contribution in [0.1, 0.15) is 25.0 Å². The van der Waals surface area contributed by atoms with Crippen molar-refractivity contribution in [1.82, 2.24) is 0 Å². The van der Waals surface area contributed by atoms with Crippen LogP contribution in [0.3, 0.4) is 0 Å². The topological polar surface area (TPSA) is 55.5 Å². The number of phenols is 1. The second-order valence-corrected chi connectivity index (χ2v) is 5.18. The summed E-state index contributed by atoms with van der Waals surface area (Å²) >= 11 is 0. The van der Waals surface area contributed by atoms with E-state index in [1.807, 2.05) is 50.2 Å². The predicted molar refractivity (Wildman–Crippen MR) is 76.1 cm³/mol. The van der Waals surface area contributed by atoms with E-state index in [9.17, 15) is 5.11 Å². The fourth-order valence-corrected chi connectivity index (χ4v) is 1.77. The fourth-order valence-electron chi connectivity index (χ4n) is 1.77.